The highest BCUT2D eigenvalue weighted by atomic mass is 16.5. The number of hydrogen-bond acceptors (Lipinski definition) is 2. The molecule has 0 bridgehead atoms. The number of hydrogen-bond donors (Lipinski definition) is 0. The van der Waals surface area contributed by atoms with Crippen LogP contribution in [0.25, 0.3) is 6.08 Å². The van der Waals surface area contributed by atoms with Gasteiger partial charge in [-0.3, -0.25) is 0 Å². The molecule has 0 heterocycles. The molecule has 18 heavy (non-hydrogen) atoms. The molecule has 2 heteroatoms. The highest BCUT2D eigenvalue weighted by molar-refractivity contribution is 5.88. The van der Waals surface area contributed by atoms with Crippen LogP contribution < -0.4 is 4.74 Å². The van der Waals surface area contributed by atoms with Crippen LogP contribution in [0.1, 0.15) is 11.1 Å². The minimum absolute atomic E-state index is 0.367. The minimum Gasteiger partial charge on any atom is -0.423 e. The topological polar surface area (TPSA) is 26.3 Å². The number of carbonyl (C=O) groups is 1. The zero-order valence-corrected chi connectivity index (χ0v) is 10.2. The van der Waals surface area contributed by atoms with E-state index in [0.29, 0.717) is 5.75 Å². The van der Waals surface area contributed by atoms with Crippen LogP contribution >= 0.6 is 0 Å². The van der Waals surface area contributed by atoms with Crippen LogP contribution in [0.4, 0.5) is 0 Å². The third-order valence-electron chi connectivity index (χ3n) is 2.52. The molecule has 2 nitrogen and oxygen atoms in total. The molecule has 0 aliphatic heterocycles. The number of carbonyl (C=O) groups excluding carboxylic acids is 1. The van der Waals surface area contributed by atoms with Crippen molar-refractivity contribution in [2.75, 3.05) is 0 Å². The number of ether oxygens (including phenoxy) is 1. The lowest BCUT2D eigenvalue weighted by Crippen LogP contribution is -2.04. The van der Waals surface area contributed by atoms with Gasteiger partial charge in [-0.15, -0.1) is 0 Å². The van der Waals surface area contributed by atoms with Gasteiger partial charge >= 0.3 is 5.97 Å². The van der Waals surface area contributed by atoms with Crippen molar-refractivity contribution in [2.45, 2.75) is 6.92 Å². The van der Waals surface area contributed by atoms with Gasteiger partial charge in [-0.2, -0.15) is 0 Å². The van der Waals surface area contributed by atoms with Crippen LogP contribution in [-0.2, 0) is 4.79 Å². The third kappa shape index (κ3) is 3.32. The van der Waals surface area contributed by atoms with Crippen LogP contribution in [0.3, 0.4) is 0 Å². The number of esters is 1. The second-order valence-corrected chi connectivity index (χ2v) is 3.93. The van der Waals surface area contributed by atoms with E-state index in [1.54, 1.807) is 12.1 Å². The Hall–Kier alpha value is -2.35. The van der Waals surface area contributed by atoms with Crippen molar-refractivity contribution < 1.29 is 9.53 Å². The van der Waals surface area contributed by atoms with Gasteiger partial charge in [-0.25, -0.2) is 4.79 Å². The molecule has 90 valence electrons. The Kier molecular flexibility index (Phi) is 3.92. The average molecular weight is 238 g/mol. The van der Waals surface area contributed by atoms with E-state index in [1.807, 2.05) is 55.5 Å². The summed E-state index contributed by atoms with van der Waals surface area (Å²) >= 11 is 0. The largest absolute Gasteiger partial charge is 0.423 e. The van der Waals surface area contributed by atoms with E-state index < -0.39 is 0 Å². The predicted molar refractivity (Wildman–Crippen MR) is 72.3 cm³/mol. The predicted octanol–water partition coefficient (Wildman–Crippen LogP) is 3.61. The zero-order valence-electron chi connectivity index (χ0n) is 10.2. The molecule has 2 aromatic rings. The van der Waals surface area contributed by atoms with Crippen molar-refractivity contribution in [3.63, 3.8) is 0 Å². The Labute approximate surface area is 107 Å². The lowest BCUT2D eigenvalue weighted by Gasteiger charge is -2.03. The Morgan fingerprint density at radius 2 is 1.67 bits per heavy atom. The van der Waals surface area contributed by atoms with Crippen molar-refractivity contribution in [1.29, 1.82) is 0 Å². The standard InChI is InChI=1S/C16H14O2/c1-13-7-5-6-10-15(13)18-16(17)12-11-14-8-3-2-4-9-14/h2-12H,1H3. The van der Waals surface area contributed by atoms with E-state index in [0.717, 1.165) is 11.1 Å². The van der Waals surface area contributed by atoms with E-state index >= 15 is 0 Å². The Morgan fingerprint density at radius 1 is 1.00 bits per heavy atom. The van der Waals surface area contributed by atoms with Gasteiger partial charge in [-0.1, -0.05) is 48.5 Å². The van der Waals surface area contributed by atoms with Crippen LogP contribution in [0, 0.1) is 6.92 Å². The first-order valence-corrected chi connectivity index (χ1v) is 5.76. The number of rotatable bonds is 3. The van der Waals surface area contributed by atoms with Crippen LogP contribution in [0.2, 0.25) is 0 Å². The van der Waals surface area contributed by atoms with Gasteiger partial charge in [0.15, 0.2) is 0 Å². The summed E-state index contributed by atoms with van der Waals surface area (Å²) in [7, 11) is 0. The van der Waals surface area contributed by atoms with Gasteiger partial charge in [0, 0.05) is 6.08 Å². The molecule has 0 fully saturated rings. The van der Waals surface area contributed by atoms with E-state index in [4.69, 9.17) is 4.74 Å². The summed E-state index contributed by atoms with van der Waals surface area (Å²) in [4.78, 5) is 11.6. The smallest absolute Gasteiger partial charge is 0.336 e. The second kappa shape index (κ2) is 5.82. The molecular formula is C16H14O2. The fraction of sp³-hybridized carbons (Fsp3) is 0.0625. The molecule has 0 atom stereocenters. The van der Waals surface area contributed by atoms with Crippen LogP contribution in [0.15, 0.2) is 60.7 Å². The summed E-state index contributed by atoms with van der Waals surface area (Å²) in [6.07, 6.45) is 3.17. The molecule has 0 N–H and O–H groups in total. The minimum atomic E-state index is -0.367. The van der Waals surface area contributed by atoms with Crippen molar-refractivity contribution in [3.05, 3.63) is 71.8 Å². The van der Waals surface area contributed by atoms with E-state index in [-0.39, 0.29) is 5.97 Å². The van der Waals surface area contributed by atoms with E-state index in [9.17, 15) is 4.79 Å². The lowest BCUT2D eigenvalue weighted by atomic mass is 10.2. The van der Waals surface area contributed by atoms with Gasteiger partial charge in [0.2, 0.25) is 0 Å². The molecule has 0 saturated carbocycles. The van der Waals surface area contributed by atoms with Gasteiger partial charge in [-0.05, 0) is 30.2 Å². The quantitative estimate of drug-likeness (QED) is 0.464. The number of aryl methyl sites for hydroxylation is 1. The normalized spacial score (nSPS) is 10.5. The van der Waals surface area contributed by atoms with Gasteiger partial charge < -0.3 is 4.74 Å². The maximum atomic E-state index is 11.6. The Bertz CT molecular complexity index is 556. The molecule has 2 aromatic carbocycles. The molecule has 0 aromatic heterocycles. The highest BCUT2D eigenvalue weighted by Gasteiger charge is 2.02. The summed E-state index contributed by atoms with van der Waals surface area (Å²) in [6.45, 7) is 1.91. The first-order chi connectivity index (χ1) is 8.75. The SMILES string of the molecule is Cc1ccccc1OC(=O)C=Cc1ccccc1. The third-order valence-corrected chi connectivity index (χ3v) is 2.52. The van der Waals surface area contributed by atoms with E-state index in [1.165, 1.54) is 6.08 Å². The molecule has 0 radical (unpaired) electrons. The van der Waals surface area contributed by atoms with Gasteiger partial charge in [0.05, 0.1) is 0 Å². The molecule has 2 rings (SSSR count). The molecule has 0 saturated heterocycles. The molecule has 0 unspecified atom stereocenters. The maximum absolute atomic E-state index is 11.6. The summed E-state index contributed by atoms with van der Waals surface area (Å²) in [5.41, 5.74) is 1.91. The summed E-state index contributed by atoms with van der Waals surface area (Å²) in [5.74, 6) is 0.230. The van der Waals surface area contributed by atoms with Crippen molar-refractivity contribution in [3.8, 4) is 5.75 Å². The highest BCUT2D eigenvalue weighted by Crippen LogP contribution is 2.16. The lowest BCUT2D eigenvalue weighted by molar-refractivity contribution is -0.128. The average Bonchev–Trinajstić information content (AvgIpc) is 2.40. The number of benzene rings is 2. The summed E-state index contributed by atoms with van der Waals surface area (Å²) in [6, 6.07) is 17.1. The fourth-order valence-corrected chi connectivity index (χ4v) is 1.54. The molecule has 0 amide bonds. The van der Waals surface area contributed by atoms with Crippen LogP contribution in [-0.4, -0.2) is 5.97 Å². The van der Waals surface area contributed by atoms with E-state index in [2.05, 4.69) is 0 Å². The van der Waals surface area contributed by atoms with Crippen molar-refractivity contribution >= 4 is 12.0 Å². The second-order valence-electron chi connectivity index (χ2n) is 3.93. The van der Waals surface area contributed by atoms with Gasteiger partial charge in [0.25, 0.3) is 0 Å². The van der Waals surface area contributed by atoms with Gasteiger partial charge in [0.1, 0.15) is 5.75 Å². The van der Waals surface area contributed by atoms with Crippen molar-refractivity contribution in [1.82, 2.24) is 0 Å². The molecule has 0 spiro atoms. The first-order valence-electron chi connectivity index (χ1n) is 5.76. The molecule has 0 aliphatic carbocycles. The Balaban J connectivity index is 2.02. The van der Waals surface area contributed by atoms with Crippen molar-refractivity contribution in [2.24, 2.45) is 0 Å². The maximum Gasteiger partial charge on any atom is 0.336 e. The molecule has 0 aliphatic rings. The van der Waals surface area contributed by atoms with Crippen LogP contribution in [0.5, 0.6) is 5.75 Å². The Morgan fingerprint density at radius 3 is 2.39 bits per heavy atom. The first kappa shape index (κ1) is 12.1. The number of para-hydroxylation sites is 1. The summed E-state index contributed by atoms with van der Waals surface area (Å²) < 4.78 is 5.24. The molecular weight excluding hydrogens is 224 g/mol. The summed E-state index contributed by atoms with van der Waals surface area (Å²) in [5, 5.41) is 0. The zero-order chi connectivity index (χ0) is 12.8. The monoisotopic (exact) mass is 238 g/mol. The fourth-order valence-electron chi connectivity index (χ4n) is 1.54.